The van der Waals surface area contributed by atoms with Gasteiger partial charge in [-0.05, 0) is 59.9 Å². The van der Waals surface area contributed by atoms with Gasteiger partial charge in [-0.1, -0.05) is 32.9 Å². The molecule has 4 rings (SSSR count). The maximum absolute atomic E-state index is 12.2. The first-order valence-corrected chi connectivity index (χ1v) is 12.0. The molecule has 0 spiro atoms. The minimum Gasteiger partial charge on any atom is -0.364 e. The van der Waals surface area contributed by atoms with Gasteiger partial charge in [0, 0.05) is 17.5 Å². The molecule has 3 aromatic rings. The molecule has 2 aromatic heterocycles. The van der Waals surface area contributed by atoms with Crippen LogP contribution in [0.25, 0.3) is 22.2 Å². The number of hydrogen-bond donors (Lipinski definition) is 2. The van der Waals surface area contributed by atoms with Crippen molar-refractivity contribution in [1.29, 1.82) is 0 Å². The van der Waals surface area contributed by atoms with Gasteiger partial charge < -0.3 is 10.7 Å². The van der Waals surface area contributed by atoms with Crippen molar-refractivity contribution in [3.63, 3.8) is 0 Å². The minimum atomic E-state index is -3.38. The zero-order valence-electron chi connectivity index (χ0n) is 17.7. The second kappa shape index (κ2) is 6.94. The van der Waals surface area contributed by atoms with Gasteiger partial charge in [0.2, 0.25) is 0 Å². The maximum Gasteiger partial charge on any atom is 0.265 e. The Balaban J connectivity index is 1.91. The van der Waals surface area contributed by atoms with Gasteiger partial charge in [-0.25, -0.2) is 8.42 Å². The van der Waals surface area contributed by atoms with E-state index in [1.807, 2.05) is 0 Å². The average molecular weight is 426 g/mol. The van der Waals surface area contributed by atoms with E-state index < -0.39 is 15.7 Å². The van der Waals surface area contributed by atoms with Crippen LogP contribution >= 0.6 is 0 Å². The minimum absolute atomic E-state index is 0.191. The third-order valence-corrected chi connectivity index (χ3v) is 7.27. The van der Waals surface area contributed by atoms with Gasteiger partial charge in [0.1, 0.15) is 5.69 Å². The van der Waals surface area contributed by atoms with E-state index in [-0.39, 0.29) is 16.0 Å². The number of sulfone groups is 1. The van der Waals surface area contributed by atoms with Gasteiger partial charge in [-0.15, -0.1) is 0 Å². The van der Waals surface area contributed by atoms with E-state index in [2.05, 4.69) is 31.8 Å². The Hall–Kier alpha value is -2.67. The van der Waals surface area contributed by atoms with Crippen molar-refractivity contribution < 1.29 is 13.2 Å². The van der Waals surface area contributed by atoms with Crippen molar-refractivity contribution in [2.75, 3.05) is 6.26 Å². The molecule has 0 radical (unpaired) electrons. The Kier molecular flexibility index (Phi) is 4.77. The third-order valence-electron chi connectivity index (χ3n) is 6.16. The lowest BCUT2D eigenvalue weighted by molar-refractivity contribution is 0.0997. The third kappa shape index (κ3) is 3.62. The number of H-pyrrole nitrogens is 1. The van der Waals surface area contributed by atoms with Crippen molar-refractivity contribution in [3.8, 4) is 11.1 Å². The van der Waals surface area contributed by atoms with Gasteiger partial charge in [0.05, 0.1) is 15.9 Å². The molecular formula is C23H27N3O3S. The van der Waals surface area contributed by atoms with Crippen molar-refractivity contribution in [3.05, 3.63) is 47.3 Å². The number of nitrogens with zero attached hydrogens (tertiary/aromatic N) is 1. The fourth-order valence-corrected chi connectivity index (χ4v) is 5.02. The molecule has 1 unspecified atom stereocenters. The number of nitrogens with one attached hydrogen (secondary N) is 1. The quantitative estimate of drug-likeness (QED) is 0.664. The van der Waals surface area contributed by atoms with Crippen LogP contribution in [0.4, 0.5) is 0 Å². The Bertz CT molecular complexity index is 1270. The normalized spacial score (nSPS) is 17.1. The molecule has 0 bridgehead atoms. The number of pyridine rings is 1. The molecule has 0 aliphatic heterocycles. The first kappa shape index (κ1) is 20.6. The smallest absolute Gasteiger partial charge is 0.265 e. The number of benzene rings is 1. The molecule has 1 aliphatic carbocycles. The topological polar surface area (TPSA) is 106 Å². The van der Waals surface area contributed by atoms with Crippen LogP contribution < -0.4 is 5.73 Å². The first-order valence-electron chi connectivity index (χ1n) is 10.1. The molecule has 0 fully saturated rings. The van der Waals surface area contributed by atoms with Crippen LogP contribution in [-0.2, 0) is 22.7 Å². The second-order valence-corrected chi connectivity index (χ2v) is 11.4. The summed E-state index contributed by atoms with van der Waals surface area (Å²) >= 11 is 0. The molecule has 1 aromatic carbocycles. The molecule has 1 aliphatic rings. The number of aryl methyl sites for hydroxylation is 1. The number of nitrogens with two attached hydrogens (primary N) is 1. The van der Waals surface area contributed by atoms with E-state index in [0.29, 0.717) is 22.6 Å². The molecule has 0 saturated carbocycles. The van der Waals surface area contributed by atoms with E-state index in [1.165, 1.54) is 5.56 Å². The van der Waals surface area contributed by atoms with Gasteiger partial charge in [-0.2, -0.15) is 0 Å². The number of amides is 1. The molecular weight excluding hydrogens is 398 g/mol. The summed E-state index contributed by atoms with van der Waals surface area (Å²) in [7, 11) is -3.38. The number of primary amides is 1. The van der Waals surface area contributed by atoms with Crippen molar-refractivity contribution in [1.82, 2.24) is 9.97 Å². The van der Waals surface area contributed by atoms with E-state index in [1.54, 1.807) is 24.3 Å². The molecule has 1 atom stereocenters. The maximum atomic E-state index is 12.2. The average Bonchev–Trinajstić information content (AvgIpc) is 3.03. The molecule has 1 amide bonds. The van der Waals surface area contributed by atoms with Crippen molar-refractivity contribution in [2.45, 2.75) is 44.9 Å². The Labute approximate surface area is 176 Å². The lowest BCUT2D eigenvalue weighted by Gasteiger charge is -2.34. The number of aromatic nitrogens is 2. The SMILES string of the molecule is CC(C)(C)C1CCc2nc3c(-c4cccc(S(C)(=O)=O)c4)c(C(N)=O)[nH]c3cc2C1. The highest BCUT2D eigenvalue weighted by Crippen LogP contribution is 2.39. The van der Waals surface area contributed by atoms with Crippen LogP contribution in [0.3, 0.4) is 0 Å². The standard InChI is InChI=1S/C23H27N3O3S/c1-23(2,3)15-8-9-17-14(10-15)12-18-20(25-17)19(21(26-18)22(24)27)13-6-5-7-16(11-13)30(4,28)29/h5-7,11-12,15,26H,8-10H2,1-4H3,(H2,24,27). The summed E-state index contributed by atoms with van der Waals surface area (Å²) in [6, 6.07) is 8.63. The lowest BCUT2D eigenvalue weighted by Crippen LogP contribution is -2.27. The van der Waals surface area contributed by atoms with E-state index in [9.17, 15) is 13.2 Å². The fraction of sp³-hybridized carbons (Fsp3) is 0.391. The largest absolute Gasteiger partial charge is 0.364 e. The molecule has 158 valence electrons. The molecule has 2 heterocycles. The van der Waals surface area contributed by atoms with Gasteiger partial charge in [-0.3, -0.25) is 9.78 Å². The first-order chi connectivity index (χ1) is 13.9. The van der Waals surface area contributed by atoms with Crippen LogP contribution in [0.1, 0.15) is 48.9 Å². The predicted octanol–water partition coefficient (Wildman–Crippen LogP) is 3.88. The highest BCUT2D eigenvalue weighted by Gasteiger charge is 2.30. The van der Waals surface area contributed by atoms with E-state index in [4.69, 9.17) is 10.7 Å². The number of fused-ring (bicyclic) bond motifs is 2. The summed E-state index contributed by atoms with van der Waals surface area (Å²) in [5.41, 5.74) is 10.9. The van der Waals surface area contributed by atoms with Crippen LogP contribution in [-0.4, -0.2) is 30.5 Å². The zero-order chi connectivity index (χ0) is 21.8. The Morgan fingerprint density at radius 1 is 1.23 bits per heavy atom. The predicted molar refractivity (Wildman–Crippen MR) is 118 cm³/mol. The number of carbonyl (C=O) groups excluding carboxylic acids is 1. The Morgan fingerprint density at radius 2 is 1.97 bits per heavy atom. The van der Waals surface area contributed by atoms with Crippen LogP contribution in [0, 0.1) is 11.3 Å². The van der Waals surface area contributed by atoms with Crippen LogP contribution in [0.15, 0.2) is 35.2 Å². The summed E-state index contributed by atoms with van der Waals surface area (Å²) in [6.07, 6.45) is 4.07. The number of hydrogen-bond acceptors (Lipinski definition) is 4. The Morgan fingerprint density at radius 3 is 2.60 bits per heavy atom. The van der Waals surface area contributed by atoms with Gasteiger partial charge in [0.15, 0.2) is 9.84 Å². The highest BCUT2D eigenvalue weighted by atomic mass is 32.2. The van der Waals surface area contributed by atoms with E-state index in [0.717, 1.165) is 36.7 Å². The van der Waals surface area contributed by atoms with Crippen molar-refractivity contribution >= 4 is 26.8 Å². The summed E-state index contributed by atoms with van der Waals surface area (Å²) in [4.78, 5) is 20.4. The summed E-state index contributed by atoms with van der Waals surface area (Å²) in [6.45, 7) is 6.80. The monoisotopic (exact) mass is 425 g/mol. The van der Waals surface area contributed by atoms with Crippen LogP contribution in [0.5, 0.6) is 0 Å². The fourth-order valence-electron chi connectivity index (χ4n) is 4.35. The highest BCUT2D eigenvalue weighted by molar-refractivity contribution is 7.90. The summed E-state index contributed by atoms with van der Waals surface area (Å²) in [5, 5.41) is 0. The second-order valence-electron chi connectivity index (χ2n) is 9.34. The summed E-state index contributed by atoms with van der Waals surface area (Å²) in [5.74, 6) is -0.0287. The lowest BCUT2D eigenvalue weighted by atomic mass is 9.71. The number of rotatable bonds is 3. The molecule has 30 heavy (non-hydrogen) atoms. The molecule has 3 N–H and O–H groups in total. The summed E-state index contributed by atoms with van der Waals surface area (Å²) < 4.78 is 24.1. The van der Waals surface area contributed by atoms with Gasteiger partial charge in [0.25, 0.3) is 5.91 Å². The van der Waals surface area contributed by atoms with E-state index >= 15 is 0 Å². The molecule has 7 heteroatoms. The zero-order valence-corrected chi connectivity index (χ0v) is 18.6. The number of aromatic amines is 1. The van der Waals surface area contributed by atoms with Gasteiger partial charge >= 0.3 is 0 Å². The molecule has 6 nitrogen and oxygen atoms in total. The van der Waals surface area contributed by atoms with Crippen LogP contribution in [0.2, 0.25) is 0 Å². The van der Waals surface area contributed by atoms with Crippen molar-refractivity contribution in [2.24, 2.45) is 17.1 Å². The molecule has 0 saturated heterocycles. The number of carbonyl (C=O) groups is 1.